The lowest BCUT2D eigenvalue weighted by Crippen LogP contribution is -2.27. The molecule has 0 aliphatic rings. The molecule has 0 amide bonds. The van der Waals surface area contributed by atoms with Crippen LogP contribution in [0.15, 0.2) is 35.4 Å². The van der Waals surface area contributed by atoms with Crippen LogP contribution in [0, 0.1) is 25.2 Å². The molecule has 0 saturated carbocycles. The molecule has 0 spiro atoms. The number of aromatic nitrogens is 1. The average Bonchev–Trinajstić information content (AvgIpc) is 2.76. The average molecular weight is 493 g/mol. The Labute approximate surface area is 204 Å². The number of pyridine rings is 1. The Morgan fingerprint density at radius 2 is 2.03 bits per heavy atom. The first kappa shape index (κ1) is 26.5. The Bertz CT molecular complexity index is 917. The van der Waals surface area contributed by atoms with Gasteiger partial charge in [0.15, 0.2) is 0 Å². The van der Waals surface area contributed by atoms with Gasteiger partial charge in [0.05, 0.1) is 24.5 Å². The first-order valence-corrected chi connectivity index (χ1v) is 13.0. The second kappa shape index (κ2) is 14.4. The number of nitrogens with zero attached hydrogens (tertiary/aromatic N) is 2. The highest BCUT2D eigenvalue weighted by Crippen LogP contribution is 2.24. The van der Waals surface area contributed by atoms with Crippen LogP contribution in [0.2, 0.25) is 5.02 Å². The molecule has 0 fully saturated rings. The zero-order chi connectivity index (χ0) is 23.3. The third-order valence-corrected chi connectivity index (χ3v) is 6.87. The molecule has 1 aromatic heterocycles. The normalized spacial score (nSPS) is 11.7. The lowest BCUT2D eigenvalue weighted by Gasteiger charge is -2.18. The SMILES string of the molecule is CCCCSCC(COCc1ccc(Cl)cc1)OC(=O)CSc1nc(C)cc(C)c1C#N. The van der Waals surface area contributed by atoms with Crippen molar-refractivity contribution >= 4 is 41.1 Å². The zero-order valence-electron chi connectivity index (χ0n) is 18.7. The van der Waals surface area contributed by atoms with E-state index in [9.17, 15) is 10.1 Å². The number of unbranched alkanes of at least 4 members (excludes halogenated alkanes) is 1. The number of ether oxygens (including phenoxy) is 2. The molecule has 0 saturated heterocycles. The summed E-state index contributed by atoms with van der Waals surface area (Å²) in [6.07, 6.45) is 1.92. The van der Waals surface area contributed by atoms with Crippen molar-refractivity contribution in [2.24, 2.45) is 0 Å². The molecule has 0 bridgehead atoms. The summed E-state index contributed by atoms with van der Waals surface area (Å²) in [5, 5.41) is 10.6. The van der Waals surface area contributed by atoms with Gasteiger partial charge < -0.3 is 9.47 Å². The lowest BCUT2D eigenvalue weighted by molar-refractivity contribution is -0.147. The Balaban J connectivity index is 1.90. The molecular weight excluding hydrogens is 464 g/mol. The molecule has 8 heteroatoms. The van der Waals surface area contributed by atoms with E-state index in [4.69, 9.17) is 21.1 Å². The fraction of sp³-hybridized carbons (Fsp3) is 0.458. The minimum Gasteiger partial charge on any atom is -0.458 e. The van der Waals surface area contributed by atoms with Crippen LogP contribution >= 0.6 is 35.1 Å². The summed E-state index contributed by atoms with van der Waals surface area (Å²) >= 11 is 8.92. The van der Waals surface area contributed by atoms with Crippen LogP contribution in [0.25, 0.3) is 0 Å². The highest BCUT2D eigenvalue weighted by Gasteiger charge is 2.17. The second-order valence-electron chi connectivity index (χ2n) is 7.34. The highest BCUT2D eigenvalue weighted by atomic mass is 35.5. The summed E-state index contributed by atoms with van der Waals surface area (Å²) in [6, 6.07) is 11.5. The topological polar surface area (TPSA) is 72.2 Å². The number of hydrogen-bond donors (Lipinski definition) is 0. The Hall–Kier alpha value is -1.72. The number of thioether (sulfide) groups is 2. The van der Waals surface area contributed by atoms with E-state index in [0.29, 0.717) is 34.6 Å². The van der Waals surface area contributed by atoms with Gasteiger partial charge in [-0.1, -0.05) is 48.8 Å². The maximum absolute atomic E-state index is 12.5. The Morgan fingerprint density at radius 1 is 1.28 bits per heavy atom. The number of nitriles is 1. The minimum absolute atomic E-state index is 0.0951. The van der Waals surface area contributed by atoms with Crippen molar-refractivity contribution < 1.29 is 14.3 Å². The van der Waals surface area contributed by atoms with Gasteiger partial charge in [0.2, 0.25) is 0 Å². The van der Waals surface area contributed by atoms with E-state index in [0.717, 1.165) is 35.4 Å². The predicted molar refractivity (Wildman–Crippen MR) is 132 cm³/mol. The van der Waals surface area contributed by atoms with Crippen molar-refractivity contribution in [1.29, 1.82) is 5.26 Å². The molecule has 1 aromatic carbocycles. The molecule has 172 valence electrons. The van der Waals surface area contributed by atoms with Gasteiger partial charge in [-0.2, -0.15) is 17.0 Å². The molecule has 1 heterocycles. The maximum atomic E-state index is 12.5. The van der Waals surface area contributed by atoms with E-state index >= 15 is 0 Å². The predicted octanol–water partition coefficient (Wildman–Crippen LogP) is 5.98. The number of aryl methyl sites for hydroxylation is 2. The monoisotopic (exact) mass is 492 g/mol. The molecule has 0 aliphatic heterocycles. The summed E-state index contributed by atoms with van der Waals surface area (Å²) in [7, 11) is 0. The van der Waals surface area contributed by atoms with E-state index in [-0.39, 0.29) is 17.8 Å². The molecule has 1 atom stereocenters. The van der Waals surface area contributed by atoms with Crippen molar-refractivity contribution in [2.45, 2.75) is 51.3 Å². The number of carbonyl (C=O) groups excluding carboxylic acids is 1. The first-order chi connectivity index (χ1) is 15.4. The van der Waals surface area contributed by atoms with E-state index < -0.39 is 0 Å². The van der Waals surface area contributed by atoms with Crippen molar-refractivity contribution in [3.8, 4) is 6.07 Å². The molecule has 2 rings (SSSR count). The van der Waals surface area contributed by atoms with E-state index in [1.165, 1.54) is 11.8 Å². The Kier molecular flexibility index (Phi) is 12.0. The van der Waals surface area contributed by atoms with Crippen LogP contribution in [0.3, 0.4) is 0 Å². The molecule has 5 nitrogen and oxygen atoms in total. The van der Waals surface area contributed by atoms with Gasteiger partial charge in [0.25, 0.3) is 0 Å². The van der Waals surface area contributed by atoms with Crippen LogP contribution in [-0.2, 0) is 20.9 Å². The lowest BCUT2D eigenvalue weighted by atomic mass is 10.1. The maximum Gasteiger partial charge on any atom is 0.316 e. The van der Waals surface area contributed by atoms with E-state index in [2.05, 4.69) is 18.0 Å². The van der Waals surface area contributed by atoms with Crippen LogP contribution in [0.4, 0.5) is 0 Å². The number of halogens is 1. The highest BCUT2D eigenvalue weighted by molar-refractivity contribution is 8.00. The summed E-state index contributed by atoms with van der Waals surface area (Å²) < 4.78 is 11.5. The van der Waals surface area contributed by atoms with Gasteiger partial charge in [0.1, 0.15) is 17.2 Å². The van der Waals surface area contributed by atoms with Crippen molar-refractivity contribution in [2.75, 3.05) is 23.9 Å². The fourth-order valence-electron chi connectivity index (χ4n) is 2.86. The van der Waals surface area contributed by atoms with E-state index in [1.807, 2.05) is 44.2 Å². The largest absolute Gasteiger partial charge is 0.458 e. The molecule has 0 aliphatic carbocycles. The van der Waals surface area contributed by atoms with Gasteiger partial charge in [-0.05, 0) is 55.3 Å². The molecular formula is C24H29ClN2O3S2. The summed E-state index contributed by atoms with van der Waals surface area (Å²) in [6.45, 7) is 6.65. The number of esters is 1. The van der Waals surface area contributed by atoms with Crippen molar-refractivity contribution in [3.05, 3.63) is 57.7 Å². The first-order valence-electron chi connectivity index (χ1n) is 10.5. The second-order valence-corrected chi connectivity index (χ2v) is 9.89. The fourth-order valence-corrected chi connectivity index (χ4v) is 4.95. The standard InChI is InChI=1S/C24H29ClN2O3S2/c1-4-5-10-31-15-21(14-29-13-19-6-8-20(25)9-7-19)30-23(28)16-32-24-22(12-26)17(2)11-18(3)27-24/h6-9,11,21H,4-5,10,13-16H2,1-3H3. The summed E-state index contributed by atoms with van der Waals surface area (Å²) in [4.78, 5) is 16.9. The third-order valence-electron chi connectivity index (χ3n) is 4.48. The number of carbonyl (C=O) groups is 1. The molecule has 2 aromatic rings. The number of hydrogen-bond acceptors (Lipinski definition) is 7. The molecule has 0 radical (unpaired) electrons. The van der Waals surface area contributed by atoms with Gasteiger partial charge >= 0.3 is 5.97 Å². The van der Waals surface area contributed by atoms with Crippen molar-refractivity contribution in [3.63, 3.8) is 0 Å². The Morgan fingerprint density at radius 3 is 2.72 bits per heavy atom. The van der Waals surface area contributed by atoms with Gasteiger partial charge in [0, 0.05) is 16.5 Å². The van der Waals surface area contributed by atoms with Crippen LogP contribution < -0.4 is 0 Å². The molecule has 0 N–H and O–H groups in total. The smallest absolute Gasteiger partial charge is 0.316 e. The van der Waals surface area contributed by atoms with Crippen molar-refractivity contribution in [1.82, 2.24) is 4.98 Å². The quantitative estimate of drug-likeness (QED) is 0.193. The van der Waals surface area contributed by atoms with Gasteiger partial charge in [-0.3, -0.25) is 4.79 Å². The number of rotatable bonds is 13. The van der Waals surface area contributed by atoms with Gasteiger partial charge in [-0.25, -0.2) is 4.98 Å². The minimum atomic E-state index is -0.337. The number of benzene rings is 1. The van der Waals surface area contributed by atoms with Crippen LogP contribution in [-0.4, -0.2) is 40.9 Å². The summed E-state index contributed by atoms with van der Waals surface area (Å²) in [5.41, 5.74) is 3.19. The van der Waals surface area contributed by atoms with Crippen LogP contribution in [0.5, 0.6) is 0 Å². The van der Waals surface area contributed by atoms with E-state index in [1.54, 1.807) is 11.8 Å². The van der Waals surface area contributed by atoms with Crippen LogP contribution in [0.1, 0.15) is 42.1 Å². The molecule has 32 heavy (non-hydrogen) atoms. The third kappa shape index (κ3) is 9.41. The zero-order valence-corrected chi connectivity index (χ0v) is 21.1. The van der Waals surface area contributed by atoms with Gasteiger partial charge in [-0.15, -0.1) is 0 Å². The summed E-state index contributed by atoms with van der Waals surface area (Å²) in [5.74, 6) is 1.46. The molecule has 1 unspecified atom stereocenters.